The predicted molar refractivity (Wildman–Crippen MR) is 95.5 cm³/mol. The van der Waals surface area contributed by atoms with Crippen LogP contribution in [-0.4, -0.2) is 26.2 Å². The molecule has 132 valence electrons. The Kier molecular flexibility index (Phi) is 5.43. The highest BCUT2D eigenvalue weighted by Gasteiger charge is 2.22. The third kappa shape index (κ3) is 3.87. The minimum atomic E-state index is -0.155. The van der Waals surface area contributed by atoms with Crippen LogP contribution >= 0.6 is 0 Å². The predicted octanol–water partition coefficient (Wildman–Crippen LogP) is 3.74. The van der Waals surface area contributed by atoms with Crippen LogP contribution in [0.2, 0.25) is 0 Å². The fourth-order valence-electron chi connectivity index (χ4n) is 2.94. The lowest BCUT2D eigenvalue weighted by molar-refractivity contribution is 0.0932. The summed E-state index contributed by atoms with van der Waals surface area (Å²) in [6.07, 6.45) is 1.85. The summed E-state index contributed by atoms with van der Waals surface area (Å²) in [6.45, 7) is 3.04. The molecular weight excluding hydrogens is 318 g/mol. The molecule has 0 radical (unpaired) electrons. The highest BCUT2D eigenvalue weighted by molar-refractivity contribution is 5.96. The van der Waals surface area contributed by atoms with Crippen LogP contribution < -0.4 is 19.5 Å². The molecule has 0 saturated heterocycles. The number of ether oxygens (including phenoxy) is 3. The standard InChI is InChI=1S/C20H23NO4/c1-3-7-16(14-8-5-4-6-9-14)21-20(22)15-12-17(23-2)19-18(13-15)24-10-11-25-19/h4-6,8-9,12-13,16H,3,7,10-11H2,1-2H3,(H,21,22). The SMILES string of the molecule is CCCC(NC(=O)c1cc(OC)c2c(c1)OCCO2)c1ccccc1. The second kappa shape index (κ2) is 7.92. The average Bonchev–Trinajstić information content (AvgIpc) is 2.67. The summed E-state index contributed by atoms with van der Waals surface area (Å²) in [5.74, 6) is 1.45. The summed E-state index contributed by atoms with van der Waals surface area (Å²) in [4.78, 5) is 12.8. The zero-order chi connectivity index (χ0) is 17.6. The van der Waals surface area contributed by atoms with E-state index in [0.29, 0.717) is 36.0 Å². The summed E-state index contributed by atoms with van der Waals surface area (Å²) in [7, 11) is 1.55. The molecular formula is C20H23NO4. The first-order valence-corrected chi connectivity index (χ1v) is 8.56. The van der Waals surface area contributed by atoms with Crippen molar-refractivity contribution in [1.29, 1.82) is 0 Å². The van der Waals surface area contributed by atoms with Crippen LogP contribution in [0.1, 0.15) is 41.7 Å². The molecule has 0 fully saturated rings. The van der Waals surface area contributed by atoms with Gasteiger partial charge in [0.2, 0.25) is 5.75 Å². The summed E-state index contributed by atoms with van der Waals surface area (Å²) in [5.41, 5.74) is 1.60. The first-order valence-electron chi connectivity index (χ1n) is 8.56. The van der Waals surface area contributed by atoms with E-state index in [4.69, 9.17) is 14.2 Å². The Bertz CT molecular complexity index is 713. The van der Waals surface area contributed by atoms with Crippen molar-refractivity contribution >= 4 is 5.91 Å². The van der Waals surface area contributed by atoms with E-state index >= 15 is 0 Å². The molecule has 1 N–H and O–H groups in total. The Balaban J connectivity index is 1.84. The first kappa shape index (κ1) is 17.1. The summed E-state index contributed by atoms with van der Waals surface area (Å²) in [5, 5.41) is 3.12. The van der Waals surface area contributed by atoms with Crippen LogP contribution in [0.3, 0.4) is 0 Å². The molecule has 0 spiro atoms. The molecule has 1 amide bonds. The maximum absolute atomic E-state index is 12.8. The highest BCUT2D eigenvalue weighted by Crippen LogP contribution is 2.40. The molecule has 1 aliphatic heterocycles. The number of carbonyl (C=O) groups excluding carboxylic acids is 1. The van der Waals surface area contributed by atoms with Crippen LogP contribution in [0, 0.1) is 0 Å². The van der Waals surface area contributed by atoms with Crippen molar-refractivity contribution in [2.75, 3.05) is 20.3 Å². The molecule has 0 aromatic heterocycles. The number of benzene rings is 2. The third-order valence-corrected chi connectivity index (χ3v) is 4.17. The van der Waals surface area contributed by atoms with Crippen molar-refractivity contribution in [3.8, 4) is 17.2 Å². The number of amides is 1. The van der Waals surface area contributed by atoms with Crippen molar-refractivity contribution in [3.05, 3.63) is 53.6 Å². The number of hydrogen-bond donors (Lipinski definition) is 1. The van der Waals surface area contributed by atoms with Gasteiger partial charge in [-0.1, -0.05) is 43.7 Å². The zero-order valence-corrected chi connectivity index (χ0v) is 14.6. The lowest BCUT2D eigenvalue weighted by Crippen LogP contribution is -2.28. The van der Waals surface area contributed by atoms with Gasteiger partial charge in [-0.15, -0.1) is 0 Å². The molecule has 5 heteroatoms. The molecule has 2 aromatic rings. The van der Waals surface area contributed by atoms with Gasteiger partial charge in [-0.3, -0.25) is 4.79 Å². The number of rotatable bonds is 6. The number of nitrogens with one attached hydrogen (secondary N) is 1. The molecule has 0 saturated carbocycles. The van der Waals surface area contributed by atoms with Gasteiger partial charge in [0.25, 0.3) is 5.91 Å². The molecule has 3 rings (SSSR count). The minimum Gasteiger partial charge on any atom is -0.493 e. The van der Waals surface area contributed by atoms with Gasteiger partial charge in [0.05, 0.1) is 13.2 Å². The fourth-order valence-corrected chi connectivity index (χ4v) is 2.94. The third-order valence-electron chi connectivity index (χ3n) is 4.17. The van der Waals surface area contributed by atoms with Gasteiger partial charge in [-0.2, -0.15) is 0 Å². The van der Waals surface area contributed by atoms with Gasteiger partial charge in [0.1, 0.15) is 13.2 Å². The largest absolute Gasteiger partial charge is 0.493 e. The monoisotopic (exact) mass is 341 g/mol. The summed E-state index contributed by atoms with van der Waals surface area (Å²) in [6, 6.07) is 13.4. The van der Waals surface area contributed by atoms with E-state index in [2.05, 4.69) is 12.2 Å². The van der Waals surface area contributed by atoms with Crippen molar-refractivity contribution < 1.29 is 19.0 Å². The van der Waals surface area contributed by atoms with E-state index in [1.807, 2.05) is 30.3 Å². The molecule has 5 nitrogen and oxygen atoms in total. The van der Waals surface area contributed by atoms with Gasteiger partial charge in [0, 0.05) is 5.56 Å². The second-order valence-electron chi connectivity index (χ2n) is 5.93. The van der Waals surface area contributed by atoms with Crippen molar-refractivity contribution in [3.63, 3.8) is 0 Å². The van der Waals surface area contributed by atoms with Crippen LogP contribution in [0.25, 0.3) is 0 Å². The summed E-state index contributed by atoms with van der Waals surface area (Å²) >= 11 is 0. The quantitative estimate of drug-likeness (QED) is 0.870. The fraction of sp³-hybridized carbons (Fsp3) is 0.350. The smallest absolute Gasteiger partial charge is 0.252 e. The van der Waals surface area contributed by atoms with Crippen LogP contribution in [0.15, 0.2) is 42.5 Å². The Morgan fingerprint density at radius 3 is 2.68 bits per heavy atom. The van der Waals surface area contributed by atoms with E-state index in [9.17, 15) is 4.79 Å². The van der Waals surface area contributed by atoms with E-state index in [1.54, 1.807) is 19.2 Å². The minimum absolute atomic E-state index is 0.0297. The molecule has 1 aliphatic rings. The number of hydrogen-bond acceptors (Lipinski definition) is 4. The second-order valence-corrected chi connectivity index (χ2v) is 5.93. The van der Waals surface area contributed by atoms with Gasteiger partial charge in [0.15, 0.2) is 11.5 Å². The normalized spacial score (nSPS) is 13.8. The van der Waals surface area contributed by atoms with Gasteiger partial charge in [-0.05, 0) is 24.1 Å². The molecule has 25 heavy (non-hydrogen) atoms. The van der Waals surface area contributed by atoms with Crippen molar-refractivity contribution in [1.82, 2.24) is 5.32 Å². The Hall–Kier alpha value is -2.69. The average molecular weight is 341 g/mol. The maximum Gasteiger partial charge on any atom is 0.252 e. The first-order chi connectivity index (χ1) is 12.2. The van der Waals surface area contributed by atoms with E-state index in [0.717, 1.165) is 18.4 Å². The molecule has 1 heterocycles. The van der Waals surface area contributed by atoms with Gasteiger partial charge in [-0.25, -0.2) is 0 Å². The molecule has 1 atom stereocenters. The topological polar surface area (TPSA) is 56.8 Å². The van der Waals surface area contributed by atoms with Crippen molar-refractivity contribution in [2.24, 2.45) is 0 Å². The van der Waals surface area contributed by atoms with Crippen LogP contribution in [0.5, 0.6) is 17.2 Å². The lowest BCUT2D eigenvalue weighted by Gasteiger charge is -2.22. The van der Waals surface area contributed by atoms with E-state index in [1.165, 1.54) is 0 Å². The van der Waals surface area contributed by atoms with Crippen molar-refractivity contribution in [2.45, 2.75) is 25.8 Å². The Morgan fingerprint density at radius 1 is 1.20 bits per heavy atom. The van der Waals surface area contributed by atoms with Crippen LogP contribution in [-0.2, 0) is 0 Å². The van der Waals surface area contributed by atoms with E-state index in [-0.39, 0.29) is 11.9 Å². The van der Waals surface area contributed by atoms with Crippen LogP contribution in [0.4, 0.5) is 0 Å². The zero-order valence-electron chi connectivity index (χ0n) is 14.6. The highest BCUT2D eigenvalue weighted by atomic mass is 16.6. The van der Waals surface area contributed by atoms with Gasteiger partial charge < -0.3 is 19.5 Å². The molecule has 0 bridgehead atoms. The molecule has 1 unspecified atom stereocenters. The Morgan fingerprint density at radius 2 is 1.96 bits per heavy atom. The number of carbonyl (C=O) groups is 1. The lowest BCUT2D eigenvalue weighted by atomic mass is 10.0. The summed E-state index contributed by atoms with van der Waals surface area (Å²) < 4.78 is 16.6. The Labute approximate surface area is 147 Å². The molecule has 2 aromatic carbocycles. The molecule has 0 aliphatic carbocycles. The van der Waals surface area contributed by atoms with E-state index < -0.39 is 0 Å². The van der Waals surface area contributed by atoms with Gasteiger partial charge >= 0.3 is 0 Å². The number of methoxy groups -OCH3 is 1. The number of fused-ring (bicyclic) bond motifs is 1. The maximum atomic E-state index is 12.8.